The van der Waals surface area contributed by atoms with E-state index in [0.717, 1.165) is 48.7 Å². The Morgan fingerprint density at radius 2 is 2.07 bits per heavy atom. The fraction of sp³-hybridized carbons (Fsp3) is 0.348. The summed E-state index contributed by atoms with van der Waals surface area (Å²) in [6.07, 6.45) is 7.15. The number of hydrogen-bond donors (Lipinski definition) is 1. The van der Waals surface area contributed by atoms with Gasteiger partial charge in [-0.15, -0.1) is 10.2 Å². The van der Waals surface area contributed by atoms with Crippen molar-refractivity contribution in [3.05, 3.63) is 53.9 Å². The minimum Gasteiger partial charge on any atom is -0.507 e. The van der Waals surface area contributed by atoms with Crippen molar-refractivity contribution in [2.45, 2.75) is 45.6 Å². The third-order valence-electron chi connectivity index (χ3n) is 5.04. The first kappa shape index (κ1) is 19.2. The van der Waals surface area contributed by atoms with Crippen LogP contribution in [-0.2, 0) is 13.0 Å². The zero-order valence-corrected chi connectivity index (χ0v) is 16.7. The maximum atomic E-state index is 10.2. The van der Waals surface area contributed by atoms with E-state index in [-0.39, 0.29) is 5.75 Å². The summed E-state index contributed by atoms with van der Waals surface area (Å²) in [4.78, 5) is 4.55. The quantitative estimate of drug-likeness (QED) is 0.607. The predicted octanol–water partition coefficient (Wildman–Crippen LogP) is 4.92. The molecule has 0 aliphatic carbocycles. The summed E-state index contributed by atoms with van der Waals surface area (Å²) in [6, 6.07) is 13.2. The highest BCUT2D eigenvalue weighted by Crippen LogP contribution is 2.27. The Kier molecular flexibility index (Phi) is 5.89. The van der Waals surface area contributed by atoms with Gasteiger partial charge in [0.05, 0.1) is 12.3 Å². The number of benzene rings is 2. The van der Waals surface area contributed by atoms with E-state index in [4.69, 9.17) is 4.74 Å². The maximum absolute atomic E-state index is 10.2. The number of aliphatic imine (C=N–C) groups is 1. The van der Waals surface area contributed by atoms with E-state index < -0.39 is 0 Å². The topological polar surface area (TPSA) is 72.5 Å². The summed E-state index contributed by atoms with van der Waals surface area (Å²) in [5.74, 6) is 2.79. The summed E-state index contributed by atoms with van der Waals surface area (Å²) in [7, 11) is 0. The number of ether oxygens (including phenoxy) is 1. The molecular weight excluding hydrogens is 364 g/mol. The molecule has 0 saturated carbocycles. The van der Waals surface area contributed by atoms with Crippen LogP contribution in [0, 0.1) is 0 Å². The first-order valence-corrected chi connectivity index (χ1v) is 10.3. The van der Waals surface area contributed by atoms with Gasteiger partial charge in [-0.2, -0.15) is 0 Å². The number of aromatic nitrogens is 3. The lowest BCUT2D eigenvalue weighted by Gasteiger charge is -2.07. The third kappa shape index (κ3) is 4.47. The summed E-state index contributed by atoms with van der Waals surface area (Å²) in [5.41, 5.74) is 2.46. The molecule has 1 N–H and O–H groups in total. The van der Waals surface area contributed by atoms with E-state index in [2.05, 4.69) is 19.8 Å². The van der Waals surface area contributed by atoms with Crippen molar-refractivity contribution in [2.24, 2.45) is 4.99 Å². The van der Waals surface area contributed by atoms with E-state index in [1.165, 1.54) is 12.8 Å². The fourth-order valence-corrected chi connectivity index (χ4v) is 3.51. The van der Waals surface area contributed by atoms with Crippen LogP contribution in [-0.4, -0.2) is 32.7 Å². The zero-order valence-electron chi connectivity index (χ0n) is 16.7. The molecule has 0 saturated heterocycles. The second kappa shape index (κ2) is 8.90. The van der Waals surface area contributed by atoms with Crippen LogP contribution in [0.1, 0.15) is 44.0 Å². The van der Waals surface area contributed by atoms with Gasteiger partial charge in [-0.3, -0.25) is 4.99 Å². The van der Waals surface area contributed by atoms with Crippen LogP contribution in [0.4, 0.5) is 5.69 Å². The SMILES string of the molecule is CCCOc1ccc(C=Nc2cccc(-c3nnc4n3CCCCC4)c2)c(O)c1. The molecule has 0 fully saturated rings. The van der Waals surface area contributed by atoms with Gasteiger partial charge in [-0.05, 0) is 43.5 Å². The van der Waals surface area contributed by atoms with E-state index in [0.29, 0.717) is 17.9 Å². The second-order valence-electron chi connectivity index (χ2n) is 7.28. The van der Waals surface area contributed by atoms with Crippen molar-refractivity contribution in [3.8, 4) is 22.9 Å². The van der Waals surface area contributed by atoms with Crippen molar-refractivity contribution < 1.29 is 9.84 Å². The largest absolute Gasteiger partial charge is 0.507 e. The lowest BCUT2D eigenvalue weighted by molar-refractivity contribution is 0.315. The van der Waals surface area contributed by atoms with E-state index in [1.54, 1.807) is 12.3 Å². The molecule has 29 heavy (non-hydrogen) atoms. The number of nitrogens with zero attached hydrogens (tertiary/aromatic N) is 4. The van der Waals surface area contributed by atoms with Gasteiger partial charge in [0.1, 0.15) is 17.3 Å². The molecule has 6 nitrogen and oxygen atoms in total. The lowest BCUT2D eigenvalue weighted by atomic mass is 10.1. The molecule has 1 aliphatic heterocycles. The lowest BCUT2D eigenvalue weighted by Crippen LogP contribution is -2.02. The van der Waals surface area contributed by atoms with Gasteiger partial charge in [0.2, 0.25) is 0 Å². The average Bonchev–Trinajstić information content (AvgIpc) is 3.00. The van der Waals surface area contributed by atoms with Crippen molar-refractivity contribution >= 4 is 11.9 Å². The molecule has 0 amide bonds. The predicted molar refractivity (Wildman–Crippen MR) is 114 cm³/mol. The molecule has 0 spiro atoms. The van der Waals surface area contributed by atoms with Crippen LogP contribution in [0.25, 0.3) is 11.4 Å². The average molecular weight is 390 g/mol. The number of aryl methyl sites for hydroxylation is 1. The Morgan fingerprint density at radius 1 is 1.14 bits per heavy atom. The molecule has 4 rings (SSSR count). The molecule has 2 heterocycles. The van der Waals surface area contributed by atoms with E-state index in [9.17, 15) is 5.11 Å². The summed E-state index contributed by atoms with van der Waals surface area (Å²) >= 11 is 0. The molecule has 1 aromatic heterocycles. The monoisotopic (exact) mass is 390 g/mol. The Labute approximate surface area is 170 Å². The molecule has 150 valence electrons. The number of rotatable bonds is 6. The standard InChI is InChI=1S/C23H26N4O2/c1-2-13-29-20-11-10-18(21(28)15-20)16-24-19-8-6-7-17(14-19)23-26-25-22-9-4-3-5-12-27(22)23/h6-8,10-11,14-16,28H,2-5,9,12-13H2,1H3. The third-order valence-corrected chi connectivity index (χ3v) is 5.04. The van der Waals surface area contributed by atoms with Gasteiger partial charge in [0, 0.05) is 36.4 Å². The van der Waals surface area contributed by atoms with Crippen LogP contribution in [0.3, 0.4) is 0 Å². The van der Waals surface area contributed by atoms with Crippen LogP contribution >= 0.6 is 0 Å². The smallest absolute Gasteiger partial charge is 0.164 e. The van der Waals surface area contributed by atoms with Gasteiger partial charge < -0.3 is 14.4 Å². The number of fused-ring (bicyclic) bond motifs is 1. The van der Waals surface area contributed by atoms with Crippen molar-refractivity contribution in [1.82, 2.24) is 14.8 Å². The normalized spacial score (nSPS) is 14.0. The van der Waals surface area contributed by atoms with Gasteiger partial charge >= 0.3 is 0 Å². The Balaban J connectivity index is 1.55. The zero-order chi connectivity index (χ0) is 20.1. The van der Waals surface area contributed by atoms with E-state index in [1.807, 2.05) is 43.3 Å². The second-order valence-corrected chi connectivity index (χ2v) is 7.28. The highest BCUT2D eigenvalue weighted by Gasteiger charge is 2.16. The van der Waals surface area contributed by atoms with Crippen LogP contribution < -0.4 is 4.74 Å². The summed E-state index contributed by atoms with van der Waals surface area (Å²) < 4.78 is 7.78. The van der Waals surface area contributed by atoms with Gasteiger partial charge in [0.15, 0.2) is 5.82 Å². The number of hydrogen-bond acceptors (Lipinski definition) is 5. The molecule has 2 aromatic carbocycles. The van der Waals surface area contributed by atoms with Gasteiger partial charge in [-0.1, -0.05) is 25.5 Å². The molecule has 3 aromatic rings. The van der Waals surface area contributed by atoms with E-state index >= 15 is 0 Å². The molecule has 0 unspecified atom stereocenters. The summed E-state index contributed by atoms with van der Waals surface area (Å²) in [6.45, 7) is 3.64. The minimum absolute atomic E-state index is 0.154. The molecule has 1 aliphatic rings. The van der Waals surface area contributed by atoms with Crippen LogP contribution in [0.15, 0.2) is 47.5 Å². The Hall–Kier alpha value is -3.15. The fourth-order valence-electron chi connectivity index (χ4n) is 3.51. The highest BCUT2D eigenvalue weighted by atomic mass is 16.5. The van der Waals surface area contributed by atoms with Crippen molar-refractivity contribution in [3.63, 3.8) is 0 Å². The first-order chi connectivity index (χ1) is 14.2. The van der Waals surface area contributed by atoms with Gasteiger partial charge in [0.25, 0.3) is 0 Å². The summed E-state index contributed by atoms with van der Waals surface area (Å²) in [5, 5.41) is 19.1. The highest BCUT2D eigenvalue weighted by molar-refractivity contribution is 5.86. The molecule has 0 atom stereocenters. The number of phenolic OH excluding ortho intramolecular Hbond substituents is 1. The first-order valence-electron chi connectivity index (χ1n) is 10.3. The van der Waals surface area contributed by atoms with Crippen LogP contribution in [0.2, 0.25) is 0 Å². The van der Waals surface area contributed by atoms with Crippen LogP contribution in [0.5, 0.6) is 11.5 Å². The molecule has 0 radical (unpaired) electrons. The Morgan fingerprint density at radius 3 is 2.93 bits per heavy atom. The Bertz CT molecular complexity index is 1010. The molecule has 0 bridgehead atoms. The molecular formula is C23H26N4O2. The molecule has 6 heteroatoms. The van der Waals surface area contributed by atoms with Crippen molar-refractivity contribution in [1.29, 1.82) is 0 Å². The number of aromatic hydroxyl groups is 1. The minimum atomic E-state index is 0.154. The maximum Gasteiger partial charge on any atom is 0.164 e. The van der Waals surface area contributed by atoms with Gasteiger partial charge in [-0.25, -0.2) is 0 Å². The van der Waals surface area contributed by atoms with Crippen molar-refractivity contribution in [2.75, 3.05) is 6.61 Å². The number of phenols is 1.